The number of hydrogen-bond acceptors (Lipinski definition) is 4. The minimum atomic E-state index is -0.177. The number of benzene rings is 1. The second-order valence-corrected chi connectivity index (χ2v) is 9.48. The van der Waals surface area contributed by atoms with Crippen molar-refractivity contribution in [2.45, 2.75) is 68.9 Å². The standard InChI is InChI=1S/C24H35N3O2/c28-23(27-16-14-26(15-17-27)19-6-2-1-3-7-19)21-18-24(10-12-25-13-11-24)29-22-9-5-4-8-20(21)22/h4-5,8-9,19,21,25H,1-3,6-7,10-18H2. The highest BCUT2D eigenvalue weighted by atomic mass is 16.5. The van der Waals surface area contributed by atoms with E-state index in [1.54, 1.807) is 0 Å². The van der Waals surface area contributed by atoms with Gasteiger partial charge in [0.15, 0.2) is 0 Å². The highest BCUT2D eigenvalue weighted by Crippen LogP contribution is 2.45. The number of nitrogens with zero attached hydrogens (tertiary/aromatic N) is 2. The molecule has 1 atom stereocenters. The van der Waals surface area contributed by atoms with Crippen molar-refractivity contribution in [3.63, 3.8) is 0 Å². The van der Waals surface area contributed by atoms with Crippen LogP contribution in [-0.4, -0.2) is 66.6 Å². The molecular formula is C24H35N3O2. The van der Waals surface area contributed by atoms with Crippen LogP contribution in [0, 0.1) is 0 Å². The molecule has 29 heavy (non-hydrogen) atoms. The SMILES string of the molecule is O=C(C1CC2(CCNCC2)Oc2ccccc21)N1CCN(C2CCCCC2)CC1. The summed E-state index contributed by atoms with van der Waals surface area (Å²) in [6.07, 6.45) is 9.64. The fraction of sp³-hybridized carbons (Fsp3) is 0.708. The molecule has 4 aliphatic rings. The Morgan fingerprint density at radius 3 is 2.48 bits per heavy atom. The van der Waals surface area contributed by atoms with Gasteiger partial charge in [-0.1, -0.05) is 37.5 Å². The summed E-state index contributed by atoms with van der Waals surface area (Å²) < 4.78 is 6.51. The summed E-state index contributed by atoms with van der Waals surface area (Å²) in [5.74, 6) is 1.20. The summed E-state index contributed by atoms with van der Waals surface area (Å²) in [5, 5.41) is 3.44. The lowest BCUT2D eigenvalue weighted by Crippen LogP contribution is -2.55. The van der Waals surface area contributed by atoms with Gasteiger partial charge in [0.25, 0.3) is 0 Å². The first-order chi connectivity index (χ1) is 14.2. The number of piperazine rings is 1. The molecule has 1 amide bonds. The molecule has 1 aromatic carbocycles. The zero-order valence-corrected chi connectivity index (χ0v) is 17.6. The first-order valence-corrected chi connectivity index (χ1v) is 11.8. The van der Waals surface area contributed by atoms with Gasteiger partial charge >= 0.3 is 0 Å². The predicted molar refractivity (Wildman–Crippen MR) is 114 cm³/mol. The zero-order valence-electron chi connectivity index (χ0n) is 17.6. The fourth-order valence-electron chi connectivity index (χ4n) is 6.00. The van der Waals surface area contributed by atoms with Crippen molar-refractivity contribution in [3.05, 3.63) is 29.8 Å². The summed E-state index contributed by atoms with van der Waals surface area (Å²) in [6.45, 7) is 5.78. The topological polar surface area (TPSA) is 44.8 Å². The average molecular weight is 398 g/mol. The Labute approximate surface area is 174 Å². The van der Waals surface area contributed by atoms with E-state index in [1.807, 2.05) is 12.1 Å². The number of fused-ring (bicyclic) bond motifs is 1. The molecule has 0 aromatic heterocycles. The summed E-state index contributed by atoms with van der Waals surface area (Å²) in [6, 6.07) is 8.99. The van der Waals surface area contributed by atoms with Crippen molar-refractivity contribution in [3.8, 4) is 5.75 Å². The number of piperidine rings is 1. The Kier molecular flexibility index (Phi) is 5.53. The molecule has 2 saturated heterocycles. The number of carbonyl (C=O) groups is 1. The summed E-state index contributed by atoms with van der Waals surface area (Å²) in [5.41, 5.74) is 0.917. The van der Waals surface area contributed by atoms with E-state index >= 15 is 0 Å². The van der Waals surface area contributed by atoms with Crippen LogP contribution >= 0.6 is 0 Å². The molecule has 3 aliphatic heterocycles. The molecule has 3 fully saturated rings. The molecule has 5 heteroatoms. The quantitative estimate of drug-likeness (QED) is 0.833. The number of nitrogens with one attached hydrogen (secondary N) is 1. The monoisotopic (exact) mass is 397 g/mol. The van der Waals surface area contributed by atoms with Gasteiger partial charge in [-0.2, -0.15) is 0 Å². The zero-order chi connectivity index (χ0) is 19.7. The maximum Gasteiger partial charge on any atom is 0.230 e. The first kappa shape index (κ1) is 19.4. The summed E-state index contributed by atoms with van der Waals surface area (Å²) in [7, 11) is 0. The van der Waals surface area contributed by atoms with Crippen molar-refractivity contribution < 1.29 is 9.53 Å². The van der Waals surface area contributed by atoms with E-state index in [-0.39, 0.29) is 11.5 Å². The average Bonchev–Trinajstić information content (AvgIpc) is 2.79. The third-order valence-electron chi connectivity index (χ3n) is 7.73. The van der Waals surface area contributed by atoms with Gasteiger partial charge in [0, 0.05) is 44.2 Å². The third kappa shape index (κ3) is 3.91. The molecule has 158 valence electrons. The van der Waals surface area contributed by atoms with Crippen molar-refractivity contribution in [1.82, 2.24) is 15.1 Å². The van der Waals surface area contributed by atoms with Crippen LogP contribution < -0.4 is 10.1 Å². The van der Waals surface area contributed by atoms with E-state index in [0.717, 1.165) is 75.9 Å². The number of amides is 1. The van der Waals surface area contributed by atoms with Crippen molar-refractivity contribution in [1.29, 1.82) is 0 Å². The van der Waals surface area contributed by atoms with Crippen LogP contribution in [0.1, 0.15) is 62.8 Å². The second kappa shape index (κ2) is 8.27. The van der Waals surface area contributed by atoms with Crippen LogP contribution in [0.15, 0.2) is 24.3 Å². The van der Waals surface area contributed by atoms with Crippen molar-refractivity contribution in [2.75, 3.05) is 39.3 Å². The van der Waals surface area contributed by atoms with Crippen LogP contribution in [0.3, 0.4) is 0 Å². The lowest BCUT2D eigenvalue weighted by molar-refractivity contribution is -0.137. The largest absolute Gasteiger partial charge is 0.487 e. The molecule has 5 nitrogen and oxygen atoms in total. The van der Waals surface area contributed by atoms with Gasteiger partial charge in [-0.05, 0) is 44.8 Å². The van der Waals surface area contributed by atoms with E-state index in [0.29, 0.717) is 5.91 Å². The highest BCUT2D eigenvalue weighted by Gasteiger charge is 2.45. The summed E-state index contributed by atoms with van der Waals surface area (Å²) >= 11 is 0. The maximum atomic E-state index is 13.7. The molecule has 1 spiro atoms. The third-order valence-corrected chi connectivity index (χ3v) is 7.73. The van der Waals surface area contributed by atoms with Crippen LogP contribution in [0.2, 0.25) is 0 Å². The van der Waals surface area contributed by atoms with E-state index in [2.05, 4.69) is 27.2 Å². The van der Waals surface area contributed by atoms with Crippen LogP contribution in [0.4, 0.5) is 0 Å². The molecule has 1 aromatic rings. The molecule has 0 radical (unpaired) electrons. The molecule has 1 aliphatic carbocycles. The van der Waals surface area contributed by atoms with E-state index < -0.39 is 0 Å². The van der Waals surface area contributed by atoms with Crippen LogP contribution in [0.25, 0.3) is 0 Å². The Morgan fingerprint density at radius 2 is 1.72 bits per heavy atom. The highest BCUT2D eigenvalue weighted by molar-refractivity contribution is 5.85. The van der Waals surface area contributed by atoms with E-state index in [1.165, 1.54) is 32.1 Å². The van der Waals surface area contributed by atoms with Gasteiger partial charge in [-0.3, -0.25) is 9.69 Å². The summed E-state index contributed by atoms with van der Waals surface area (Å²) in [4.78, 5) is 18.4. The fourth-order valence-corrected chi connectivity index (χ4v) is 6.00. The minimum absolute atomic E-state index is 0.0562. The van der Waals surface area contributed by atoms with Gasteiger partial charge < -0.3 is 15.0 Å². The predicted octanol–water partition coefficient (Wildman–Crippen LogP) is 3.15. The van der Waals surface area contributed by atoms with E-state index in [4.69, 9.17) is 4.74 Å². The van der Waals surface area contributed by atoms with Gasteiger partial charge in [0.05, 0.1) is 5.92 Å². The Balaban J connectivity index is 1.30. The molecule has 0 bridgehead atoms. The van der Waals surface area contributed by atoms with Crippen molar-refractivity contribution in [2.24, 2.45) is 0 Å². The Morgan fingerprint density at radius 1 is 1.00 bits per heavy atom. The molecular weight excluding hydrogens is 362 g/mol. The van der Waals surface area contributed by atoms with Crippen molar-refractivity contribution >= 4 is 5.91 Å². The van der Waals surface area contributed by atoms with Gasteiger partial charge in [-0.15, -0.1) is 0 Å². The number of para-hydroxylation sites is 1. The van der Waals surface area contributed by atoms with Crippen LogP contribution in [0.5, 0.6) is 5.75 Å². The first-order valence-electron chi connectivity index (χ1n) is 11.8. The second-order valence-electron chi connectivity index (χ2n) is 9.48. The lowest BCUT2D eigenvalue weighted by atomic mass is 9.77. The molecule has 5 rings (SSSR count). The molecule has 1 unspecified atom stereocenters. The lowest BCUT2D eigenvalue weighted by Gasteiger charge is -2.46. The number of carbonyl (C=O) groups excluding carboxylic acids is 1. The van der Waals surface area contributed by atoms with Crippen LogP contribution in [-0.2, 0) is 4.79 Å². The van der Waals surface area contributed by atoms with Gasteiger partial charge in [-0.25, -0.2) is 0 Å². The molecule has 1 N–H and O–H groups in total. The minimum Gasteiger partial charge on any atom is -0.487 e. The molecule has 1 saturated carbocycles. The number of hydrogen-bond donors (Lipinski definition) is 1. The van der Waals surface area contributed by atoms with E-state index in [9.17, 15) is 4.79 Å². The number of rotatable bonds is 2. The Hall–Kier alpha value is -1.59. The van der Waals surface area contributed by atoms with Gasteiger partial charge in [0.1, 0.15) is 11.4 Å². The number of ether oxygens (including phenoxy) is 1. The molecule has 3 heterocycles. The van der Waals surface area contributed by atoms with Gasteiger partial charge in [0.2, 0.25) is 5.91 Å². The maximum absolute atomic E-state index is 13.7. The smallest absolute Gasteiger partial charge is 0.230 e. The Bertz CT molecular complexity index is 717. The normalized spacial score (nSPS) is 28.0.